The number of likely N-dealkylation sites (tertiary alicyclic amines) is 1. The van der Waals surface area contributed by atoms with Crippen molar-refractivity contribution in [2.45, 2.75) is 56.6 Å². The van der Waals surface area contributed by atoms with Crippen molar-refractivity contribution in [3.63, 3.8) is 0 Å². The molecule has 0 amide bonds. The van der Waals surface area contributed by atoms with E-state index >= 15 is 0 Å². The lowest BCUT2D eigenvalue weighted by Crippen LogP contribution is -2.48. The lowest BCUT2D eigenvalue weighted by Gasteiger charge is -2.41. The van der Waals surface area contributed by atoms with Crippen LogP contribution < -0.4 is 5.32 Å². The van der Waals surface area contributed by atoms with Gasteiger partial charge in [0.2, 0.25) is 0 Å². The first-order valence-corrected chi connectivity index (χ1v) is 8.20. The van der Waals surface area contributed by atoms with Crippen LogP contribution in [0.3, 0.4) is 0 Å². The Hall–Kier alpha value is -1.20. The average Bonchev–Trinajstić information content (AvgIpc) is 2.55. The van der Waals surface area contributed by atoms with Crippen molar-refractivity contribution in [3.05, 3.63) is 18.1 Å². The zero-order chi connectivity index (χ0) is 14.7. The Morgan fingerprint density at radius 1 is 1.10 bits per heavy atom. The largest absolute Gasteiger partial charge is 0.391 e. The van der Waals surface area contributed by atoms with E-state index in [9.17, 15) is 5.11 Å². The van der Waals surface area contributed by atoms with Crippen LogP contribution in [0.2, 0.25) is 0 Å². The predicted octanol–water partition coefficient (Wildman–Crippen LogP) is 2.00. The molecule has 0 spiro atoms. The Morgan fingerprint density at radius 3 is 2.52 bits per heavy atom. The highest BCUT2D eigenvalue weighted by Crippen LogP contribution is 2.33. The lowest BCUT2D eigenvalue weighted by molar-refractivity contribution is 0.00855. The summed E-state index contributed by atoms with van der Waals surface area (Å²) in [5.74, 6) is 1.40. The van der Waals surface area contributed by atoms with Crippen LogP contribution in [0.25, 0.3) is 0 Å². The smallest absolute Gasteiger partial charge is 0.147 e. The minimum atomic E-state index is -0.125. The molecule has 2 N–H and O–H groups in total. The van der Waals surface area contributed by atoms with Gasteiger partial charge < -0.3 is 10.4 Å². The van der Waals surface area contributed by atoms with Gasteiger partial charge in [0.25, 0.3) is 0 Å². The molecule has 21 heavy (non-hydrogen) atoms. The quantitative estimate of drug-likeness (QED) is 0.891. The minimum absolute atomic E-state index is 0.125. The van der Waals surface area contributed by atoms with Crippen LogP contribution in [0.5, 0.6) is 0 Å². The van der Waals surface area contributed by atoms with Crippen molar-refractivity contribution in [1.29, 1.82) is 0 Å². The number of anilines is 1. The van der Waals surface area contributed by atoms with Gasteiger partial charge in [-0.1, -0.05) is 12.8 Å². The summed E-state index contributed by atoms with van der Waals surface area (Å²) in [7, 11) is 1.90. The fraction of sp³-hybridized carbons (Fsp3) is 0.750. The average molecular weight is 290 g/mol. The maximum absolute atomic E-state index is 10.2. The molecule has 0 radical (unpaired) electrons. The van der Waals surface area contributed by atoms with Crippen molar-refractivity contribution in [2.24, 2.45) is 0 Å². The molecule has 2 aliphatic rings. The van der Waals surface area contributed by atoms with Crippen LogP contribution in [0.1, 0.15) is 50.1 Å². The van der Waals surface area contributed by atoms with Crippen molar-refractivity contribution in [3.8, 4) is 0 Å². The molecule has 5 nitrogen and oxygen atoms in total. The van der Waals surface area contributed by atoms with Gasteiger partial charge in [-0.25, -0.2) is 4.98 Å². The van der Waals surface area contributed by atoms with Gasteiger partial charge in [-0.2, -0.15) is 0 Å². The standard InChI is InChI=1S/C16H26N4O/c1-17-16-15(18-8-9-19-16)12-6-10-20(11-7-12)13-4-2-3-5-14(13)21/h8-9,12-14,21H,2-7,10-11H2,1H3,(H,17,19)/t13-,14-/m1/s1. The number of hydrogen-bond acceptors (Lipinski definition) is 5. The molecule has 2 atom stereocenters. The second kappa shape index (κ2) is 6.71. The van der Waals surface area contributed by atoms with Gasteiger partial charge in [0.05, 0.1) is 11.8 Å². The van der Waals surface area contributed by atoms with Crippen molar-refractivity contribution in [2.75, 3.05) is 25.5 Å². The van der Waals surface area contributed by atoms with Crippen molar-refractivity contribution in [1.82, 2.24) is 14.9 Å². The number of aromatic nitrogens is 2. The molecule has 0 bridgehead atoms. The highest BCUT2D eigenvalue weighted by Gasteiger charge is 2.32. The number of aliphatic hydroxyl groups is 1. The first kappa shape index (κ1) is 14.7. The van der Waals surface area contributed by atoms with E-state index in [0.717, 1.165) is 50.3 Å². The molecular formula is C16H26N4O. The number of nitrogens with zero attached hydrogens (tertiary/aromatic N) is 3. The zero-order valence-electron chi connectivity index (χ0n) is 12.8. The molecule has 0 unspecified atom stereocenters. The second-order valence-corrected chi connectivity index (χ2v) is 6.27. The van der Waals surface area contributed by atoms with Gasteiger partial charge in [-0.15, -0.1) is 0 Å². The maximum atomic E-state index is 10.2. The van der Waals surface area contributed by atoms with Gasteiger partial charge in [0, 0.05) is 31.4 Å². The summed E-state index contributed by atoms with van der Waals surface area (Å²) in [6.45, 7) is 2.12. The SMILES string of the molecule is CNc1nccnc1C1CCN([C@@H]2CCCC[C@H]2O)CC1. The number of nitrogens with one attached hydrogen (secondary N) is 1. The van der Waals surface area contributed by atoms with Gasteiger partial charge >= 0.3 is 0 Å². The van der Waals surface area contributed by atoms with E-state index in [4.69, 9.17) is 0 Å². The topological polar surface area (TPSA) is 61.3 Å². The van der Waals surface area contributed by atoms with Gasteiger partial charge in [0.15, 0.2) is 0 Å². The Balaban J connectivity index is 1.62. The fourth-order valence-electron chi connectivity index (χ4n) is 3.86. The van der Waals surface area contributed by atoms with E-state index in [1.165, 1.54) is 12.8 Å². The van der Waals surface area contributed by atoms with E-state index in [2.05, 4.69) is 20.2 Å². The predicted molar refractivity (Wildman–Crippen MR) is 83.4 cm³/mol. The summed E-state index contributed by atoms with van der Waals surface area (Å²) in [4.78, 5) is 11.4. The molecule has 2 heterocycles. The summed E-state index contributed by atoms with van der Waals surface area (Å²) in [5.41, 5.74) is 1.10. The first-order valence-electron chi connectivity index (χ1n) is 8.20. The number of hydrogen-bond donors (Lipinski definition) is 2. The molecule has 3 rings (SSSR count). The van der Waals surface area contributed by atoms with E-state index in [-0.39, 0.29) is 6.10 Å². The highest BCUT2D eigenvalue weighted by atomic mass is 16.3. The number of rotatable bonds is 3. The zero-order valence-corrected chi connectivity index (χ0v) is 12.8. The molecule has 1 aliphatic carbocycles. The second-order valence-electron chi connectivity index (χ2n) is 6.27. The summed E-state index contributed by atoms with van der Waals surface area (Å²) in [6, 6.07) is 0.380. The molecular weight excluding hydrogens is 264 g/mol. The van der Waals surface area contributed by atoms with Crippen LogP contribution in [0.4, 0.5) is 5.82 Å². The van der Waals surface area contributed by atoms with E-state index < -0.39 is 0 Å². The van der Waals surface area contributed by atoms with Crippen LogP contribution in [0.15, 0.2) is 12.4 Å². The van der Waals surface area contributed by atoms with Crippen LogP contribution in [-0.4, -0.2) is 52.3 Å². The molecule has 5 heteroatoms. The first-order chi connectivity index (χ1) is 10.3. The van der Waals surface area contributed by atoms with E-state index in [1.54, 1.807) is 12.4 Å². The summed E-state index contributed by atoms with van der Waals surface area (Å²) >= 11 is 0. The minimum Gasteiger partial charge on any atom is -0.391 e. The van der Waals surface area contributed by atoms with Crippen LogP contribution >= 0.6 is 0 Å². The van der Waals surface area contributed by atoms with Gasteiger partial charge in [-0.05, 0) is 38.8 Å². The molecule has 1 aliphatic heterocycles. The molecule has 1 saturated carbocycles. The third-order valence-electron chi connectivity index (χ3n) is 5.04. The van der Waals surface area contributed by atoms with E-state index in [0.29, 0.717) is 12.0 Å². The Morgan fingerprint density at radius 2 is 1.81 bits per heavy atom. The Bertz CT molecular complexity index is 459. The summed E-state index contributed by atoms with van der Waals surface area (Å²) in [5, 5.41) is 13.4. The molecule has 1 aromatic rings. The maximum Gasteiger partial charge on any atom is 0.147 e. The third-order valence-corrected chi connectivity index (χ3v) is 5.04. The lowest BCUT2D eigenvalue weighted by atomic mass is 9.87. The fourth-order valence-corrected chi connectivity index (χ4v) is 3.86. The van der Waals surface area contributed by atoms with Crippen molar-refractivity contribution >= 4 is 5.82 Å². The van der Waals surface area contributed by atoms with Crippen LogP contribution in [-0.2, 0) is 0 Å². The molecule has 0 aromatic carbocycles. The Kier molecular flexibility index (Phi) is 4.70. The molecule has 116 valence electrons. The third kappa shape index (κ3) is 3.19. The Labute approximate surface area is 126 Å². The van der Waals surface area contributed by atoms with Crippen LogP contribution in [0, 0.1) is 0 Å². The monoisotopic (exact) mass is 290 g/mol. The number of aliphatic hydroxyl groups excluding tert-OH is 1. The number of piperidine rings is 1. The molecule has 1 aromatic heterocycles. The highest BCUT2D eigenvalue weighted by molar-refractivity contribution is 5.40. The molecule has 2 fully saturated rings. The van der Waals surface area contributed by atoms with Crippen molar-refractivity contribution < 1.29 is 5.11 Å². The van der Waals surface area contributed by atoms with E-state index in [1.807, 2.05) is 7.05 Å². The summed E-state index contributed by atoms with van der Waals surface area (Å²) in [6.07, 6.45) is 10.2. The van der Waals surface area contributed by atoms with Gasteiger partial charge in [0.1, 0.15) is 5.82 Å². The normalized spacial score (nSPS) is 28.5. The summed E-state index contributed by atoms with van der Waals surface area (Å²) < 4.78 is 0. The van der Waals surface area contributed by atoms with Gasteiger partial charge in [-0.3, -0.25) is 9.88 Å². The molecule has 1 saturated heterocycles.